The second kappa shape index (κ2) is 8.53. The number of nitrogens with one attached hydrogen (secondary N) is 1. The lowest BCUT2D eigenvalue weighted by atomic mass is 10.1. The van der Waals surface area contributed by atoms with Crippen molar-refractivity contribution >= 4 is 11.9 Å². The van der Waals surface area contributed by atoms with Gasteiger partial charge in [-0.1, -0.05) is 6.07 Å². The van der Waals surface area contributed by atoms with Crippen LogP contribution in [-0.4, -0.2) is 43.3 Å². The smallest absolute Gasteiger partial charge is 0.335 e. The maximum atomic E-state index is 11.8. The molecule has 1 aliphatic heterocycles. The van der Waals surface area contributed by atoms with Crippen molar-refractivity contribution in [2.75, 3.05) is 20.3 Å². The number of carboxylic acids is 1. The predicted molar refractivity (Wildman–Crippen MR) is 84.9 cm³/mol. The molecule has 6 nitrogen and oxygen atoms in total. The summed E-state index contributed by atoms with van der Waals surface area (Å²) >= 11 is 0. The van der Waals surface area contributed by atoms with E-state index in [9.17, 15) is 9.59 Å². The van der Waals surface area contributed by atoms with Crippen LogP contribution in [0.3, 0.4) is 0 Å². The van der Waals surface area contributed by atoms with E-state index in [1.165, 1.54) is 13.2 Å². The Morgan fingerprint density at radius 3 is 2.91 bits per heavy atom. The summed E-state index contributed by atoms with van der Waals surface area (Å²) in [7, 11) is 1.50. The van der Waals surface area contributed by atoms with Crippen LogP contribution < -0.4 is 10.1 Å². The Morgan fingerprint density at radius 1 is 1.43 bits per heavy atom. The van der Waals surface area contributed by atoms with Gasteiger partial charge >= 0.3 is 5.97 Å². The van der Waals surface area contributed by atoms with E-state index in [0.29, 0.717) is 25.1 Å². The van der Waals surface area contributed by atoms with Crippen molar-refractivity contribution in [3.05, 3.63) is 29.3 Å². The Labute approximate surface area is 135 Å². The topological polar surface area (TPSA) is 84.9 Å². The van der Waals surface area contributed by atoms with Gasteiger partial charge in [-0.25, -0.2) is 4.79 Å². The SMILES string of the molecule is COc1cc(C(=O)O)ccc1CCNC(=O)CCC1CCCO1. The molecule has 23 heavy (non-hydrogen) atoms. The van der Waals surface area contributed by atoms with E-state index in [1.54, 1.807) is 12.1 Å². The second-order valence-electron chi connectivity index (χ2n) is 5.61. The fourth-order valence-corrected chi connectivity index (χ4v) is 2.67. The van der Waals surface area contributed by atoms with E-state index in [-0.39, 0.29) is 17.6 Å². The number of aromatic carboxylic acids is 1. The minimum Gasteiger partial charge on any atom is -0.496 e. The van der Waals surface area contributed by atoms with Gasteiger partial charge in [-0.05, 0) is 43.4 Å². The summed E-state index contributed by atoms with van der Waals surface area (Å²) in [6, 6.07) is 4.76. The van der Waals surface area contributed by atoms with Crippen molar-refractivity contribution in [1.29, 1.82) is 0 Å². The van der Waals surface area contributed by atoms with E-state index in [2.05, 4.69) is 5.32 Å². The van der Waals surface area contributed by atoms with Gasteiger partial charge in [0.2, 0.25) is 5.91 Å². The zero-order chi connectivity index (χ0) is 16.7. The van der Waals surface area contributed by atoms with Crippen molar-refractivity contribution in [2.24, 2.45) is 0 Å². The molecular weight excluding hydrogens is 298 g/mol. The normalized spacial score (nSPS) is 17.0. The first-order valence-corrected chi connectivity index (χ1v) is 7.88. The lowest BCUT2D eigenvalue weighted by Crippen LogP contribution is -2.26. The zero-order valence-electron chi connectivity index (χ0n) is 13.3. The van der Waals surface area contributed by atoms with Crippen molar-refractivity contribution < 1.29 is 24.2 Å². The predicted octanol–water partition coefficient (Wildman–Crippen LogP) is 2.01. The molecule has 0 aromatic heterocycles. The van der Waals surface area contributed by atoms with Gasteiger partial charge in [0, 0.05) is 19.6 Å². The maximum absolute atomic E-state index is 11.8. The summed E-state index contributed by atoms with van der Waals surface area (Å²) in [6.45, 7) is 1.30. The van der Waals surface area contributed by atoms with Crippen LogP contribution in [-0.2, 0) is 16.0 Å². The lowest BCUT2D eigenvalue weighted by Gasteiger charge is -2.11. The van der Waals surface area contributed by atoms with Gasteiger partial charge in [0.1, 0.15) is 5.75 Å². The van der Waals surface area contributed by atoms with E-state index in [1.807, 2.05) is 0 Å². The van der Waals surface area contributed by atoms with Gasteiger partial charge in [-0.15, -0.1) is 0 Å². The molecule has 1 heterocycles. The number of methoxy groups -OCH3 is 1. The van der Waals surface area contributed by atoms with Crippen molar-refractivity contribution in [3.63, 3.8) is 0 Å². The third-order valence-electron chi connectivity index (χ3n) is 3.97. The van der Waals surface area contributed by atoms with Crippen LogP contribution in [0.4, 0.5) is 0 Å². The number of ether oxygens (including phenoxy) is 2. The molecule has 0 aliphatic carbocycles. The molecule has 1 saturated heterocycles. The molecule has 0 saturated carbocycles. The molecule has 1 aliphatic rings. The minimum atomic E-state index is -0.989. The third kappa shape index (κ3) is 5.25. The average Bonchev–Trinajstić information content (AvgIpc) is 3.06. The molecule has 0 spiro atoms. The van der Waals surface area contributed by atoms with Crippen LogP contribution >= 0.6 is 0 Å². The number of benzene rings is 1. The van der Waals surface area contributed by atoms with Crippen molar-refractivity contribution in [2.45, 2.75) is 38.2 Å². The number of hydrogen-bond acceptors (Lipinski definition) is 4. The van der Waals surface area contributed by atoms with Crippen LogP contribution in [0.15, 0.2) is 18.2 Å². The Morgan fingerprint density at radius 2 is 2.26 bits per heavy atom. The number of carboxylic acid groups (broad SMARTS) is 1. The van der Waals surface area contributed by atoms with E-state index < -0.39 is 5.97 Å². The summed E-state index contributed by atoms with van der Waals surface area (Å²) < 4.78 is 10.7. The fourth-order valence-electron chi connectivity index (χ4n) is 2.67. The van der Waals surface area contributed by atoms with Crippen LogP contribution in [0.1, 0.15) is 41.6 Å². The molecular formula is C17H23NO5. The molecule has 2 rings (SSSR count). The largest absolute Gasteiger partial charge is 0.496 e. The van der Waals surface area contributed by atoms with Crippen LogP contribution in [0.2, 0.25) is 0 Å². The first kappa shape index (κ1) is 17.3. The lowest BCUT2D eigenvalue weighted by molar-refractivity contribution is -0.121. The molecule has 1 aromatic carbocycles. The monoisotopic (exact) mass is 321 g/mol. The molecule has 6 heteroatoms. The second-order valence-corrected chi connectivity index (χ2v) is 5.61. The van der Waals surface area contributed by atoms with E-state index >= 15 is 0 Å². The van der Waals surface area contributed by atoms with E-state index in [0.717, 1.165) is 31.4 Å². The Kier molecular flexibility index (Phi) is 6.40. The minimum absolute atomic E-state index is 0.0154. The van der Waals surface area contributed by atoms with Crippen LogP contribution in [0.25, 0.3) is 0 Å². The Hall–Kier alpha value is -2.08. The summed E-state index contributed by atoms with van der Waals surface area (Å²) in [5, 5.41) is 11.8. The Bertz CT molecular complexity index is 552. The van der Waals surface area contributed by atoms with Crippen LogP contribution in [0, 0.1) is 0 Å². The molecule has 0 radical (unpaired) electrons. The van der Waals surface area contributed by atoms with Gasteiger partial charge in [0.15, 0.2) is 0 Å². The fraction of sp³-hybridized carbons (Fsp3) is 0.529. The number of rotatable bonds is 8. The van der Waals surface area contributed by atoms with Gasteiger partial charge in [-0.3, -0.25) is 4.79 Å². The standard InChI is InChI=1S/C17H23NO5/c1-22-15-11-13(17(20)21)5-4-12(15)8-9-18-16(19)7-6-14-3-2-10-23-14/h4-5,11,14H,2-3,6-10H2,1H3,(H,18,19)(H,20,21). The summed E-state index contributed by atoms with van der Waals surface area (Å²) in [5.74, 6) is -0.447. The molecule has 0 bridgehead atoms. The highest BCUT2D eigenvalue weighted by Crippen LogP contribution is 2.21. The first-order valence-electron chi connectivity index (χ1n) is 7.88. The number of hydrogen-bond donors (Lipinski definition) is 2. The summed E-state index contributed by atoms with van der Waals surface area (Å²) in [4.78, 5) is 22.8. The number of carbonyl (C=O) groups is 2. The Balaban J connectivity index is 1.76. The van der Waals surface area contributed by atoms with Crippen LogP contribution in [0.5, 0.6) is 5.75 Å². The highest BCUT2D eigenvalue weighted by Gasteiger charge is 2.16. The van der Waals surface area contributed by atoms with E-state index in [4.69, 9.17) is 14.6 Å². The maximum Gasteiger partial charge on any atom is 0.335 e. The van der Waals surface area contributed by atoms with Gasteiger partial charge in [-0.2, -0.15) is 0 Å². The van der Waals surface area contributed by atoms with Crippen molar-refractivity contribution in [3.8, 4) is 5.75 Å². The zero-order valence-corrected chi connectivity index (χ0v) is 13.3. The number of amides is 1. The van der Waals surface area contributed by atoms with Gasteiger partial charge in [0.05, 0.1) is 18.8 Å². The molecule has 1 amide bonds. The number of carbonyl (C=O) groups excluding carboxylic acids is 1. The molecule has 126 valence electrons. The highest BCUT2D eigenvalue weighted by molar-refractivity contribution is 5.88. The molecule has 1 aromatic rings. The summed E-state index contributed by atoms with van der Waals surface area (Å²) in [6.07, 6.45) is 4.18. The molecule has 1 atom stereocenters. The van der Waals surface area contributed by atoms with Gasteiger partial charge < -0.3 is 19.9 Å². The summed E-state index contributed by atoms with van der Waals surface area (Å²) in [5.41, 5.74) is 1.06. The molecule has 1 fully saturated rings. The first-order chi connectivity index (χ1) is 11.1. The van der Waals surface area contributed by atoms with Crippen molar-refractivity contribution in [1.82, 2.24) is 5.32 Å². The quantitative estimate of drug-likeness (QED) is 0.765. The average molecular weight is 321 g/mol. The van der Waals surface area contributed by atoms with Gasteiger partial charge in [0.25, 0.3) is 0 Å². The molecule has 1 unspecified atom stereocenters. The molecule has 2 N–H and O–H groups in total. The third-order valence-corrected chi connectivity index (χ3v) is 3.97. The highest BCUT2D eigenvalue weighted by atomic mass is 16.5.